The number of aromatic amines is 1. The number of hydrogen-bond acceptors (Lipinski definition) is 5. The van der Waals surface area contributed by atoms with E-state index in [0.29, 0.717) is 6.61 Å². The second-order valence-corrected chi connectivity index (χ2v) is 6.76. The maximum Gasteiger partial charge on any atom is 0.357 e. The zero-order valence-electron chi connectivity index (χ0n) is 11.3. The van der Waals surface area contributed by atoms with E-state index in [1.807, 2.05) is 6.92 Å². The van der Waals surface area contributed by atoms with Crippen LogP contribution in [0.1, 0.15) is 35.9 Å². The third-order valence-electron chi connectivity index (χ3n) is 3.30. The first-order valence-electron chi connectivity index (χ1n) is 6.17. The smallest absolute Gasteiger partial charge is 0.357 e. The van der Waals surface area contributed by atoms with Gasteiger partial charge < -0.3 is 9.84 Å². The molecular weight excluding hydrogens is 286 g/mol. The standard InChI is InChI=1S/C11H17N3O5S/c1-7-9(8(10(15)16)14-13-7)20(17,18)12-6-11(2)4-3-5-19-11/h12H,3-6H2,1-2H3,(H,13,14)(H,15,16). The molecule has 1 atom stereocenters. The number of rotatable bonds is 5. The van der Waals surface area contributed by atoms with E-state index in [4.69, 9.17) is 9.84 Å². The van der Waals surface area contributed by atoms with Gasteiger partial charge in [0.1, 0.15) is 4.90 Å². The normalized spacial score (nSPS) is 23.1. The lowest BCUT2D eigenvalue weighted by molar-refractivity contribution is 0.0250. The highest BCUT2D eigenvalue weighted by atomic mass is 32.2. The zero-order valence-corrected chi connectivity index (χ0v) is 12.1. The molecule has 8 nitrogen and oxygen atoms in total. The first-order chi connectivity index (χ1) is 9.25. The lowest BCUT2D eigenvalue weighted by atomic mass is 10.0. The molecule has 0 bridgehead atoms. The number of H-pyrrole nitrogens is 1. The highest BCUT2D eigenvalue weighted by Gasteiger charge is 2.34. The second-order valence-electron chi connectivity index (χ2n) is 5.06. The van der Waals surface area contributed by atoms with Gasteiger partial charge in [0.15, 0.2) is 5.69 Å². The third-order valence-corrected chi connectivity index (χ3v) is 4.86. The van der Waals surface area contributed by atoms with Crippen molar-refractivity contribution in [3.8, 4) is 0 Å². The predicted molar refractivity (Wildman–Crippen MR) is 69.1 cm³/mol. The first-order valence-corrected chi connectivity index (χ1v) is 7.65. The Morgan fingerprint density at radius 1 is 1.60 bits per heavy atom. The molecule has 2 rings (SSSR count). The summed E-state index contributed by atoms with van der Waals surface area (Å²) in [6.45, 7) is 3.98. The summed E-state index contributed by atoms with van der Waals surface area (Å²) < 4.78 is 32.4. The third kappa shape index (κ3) is 2.84. The molecule has 1 unspecified atom stereocenters. The van der Waals surface area contributed by atoms with Crippen LogP contribution in [0.2, 0.25) is 0 Å². The van der Waals surface area contributed by atoms with Gasteiger partial charge in [0.25, 0.3) is 0 Å². The SMILES string of the molecule is Cc1[nH]nc(C(=O)O)c1S(=O)(=O)NCC1(C)CCCO1. The molecule has 1 aliphatic heterocycles. The van der Waals surface area contributed by atoms with E-state index in [2.05, 4.69) is 14.9 Å². The van der Waals surface area contributed by atoms with Crippen LogP contribution in [-0.2, 0) is 14.8 Å². The molecule has 0 aliphatic carbocycles. The van der Waals surface area contributed by atoms with Crippen LogP contribution in [0, 0.1) is 6.92 Å². The number of aromatic carboxylic acids is 1. The predicted octanol–water partition coefficient (Wildman–Crippen LogP) is 0.264. The summed E-state index contributed by atoms with van der Waals surface area (Å²) in [4.78, 5) is 10.7. The molecule has 0 aromatic carbocycles. The molecule has 2 heterocycles. The summed E-state index contributed by atoms with van der Waals surface area (Å²) >= 11 is 0. The maximum atomic E-state index is 12.2. The summed E-state index contributed by atoms with van der Waals surface area (Å²) in [5, 5.41) is 14.9. The van der Waals surface area contributed by atoms with E-state index >= 15 is 0 Å². The molecular formula is C11H17N3O5S. The van der Waals surface area contributed by atoms with Gasteiger partial charge >= 0.3 is 5.97 Å². The molecule has 1 aliphatic rings. The van der Waals surface area contributed by atoms with Gasteiger partial charge in [-0.2, -0.15) is 5.10 Å². The van der Waals surface area contributed by atoms with E-state index in [0.717, 1.165) is 12.8 Å². The van der Waals surface area contributed by atoms with Gasteiger partial charge in [-0.05, 0) is 26.7 Å². The minimum Gasteiger partial charge on any atom is -0.476 e. The summed E-state index contributed by atoms with van der Waals surface area (Å²) in [6.07, 6.45) is 1.63. The fraction of sp³-hybridized carbons (Fsp3) is 0.636. The topological polar surface area (TPSA) is 121 Å². The van der Waals surface area contributed by atoms with Crippen LogP contribution in [0.3, 0.4) is 0 Å². The number of aromatic nitrogens is 2. The molecule has 3 N–H and O–H groups in total. The molecule has 20 heavy (non-hydrogen) atoms. The Kier molecular flexibility index (Phi) is 3.85. The quantitative estimate of drug-likeness (QED) is 0.717. The zero-order chi connectivity index (χ0) is 15.0. The molecule has 1 fully saturated rings. The number of hydrogen-bond donors (Lipinski definition) is 3. The van der Waals surface area contributed by atoms with Crippen LogP contribution in [0.5, 0.6) is 0 Å². The number of carboxylic acids is 1. The van der Waals surface area contributed by atoms with Crippen LogP contribution in [0.25, 0.3) is 0 Å². The van der Waals surface area contributed by atoms with Crippen molar-refractivity contribution in [2.24, 2.45) is 0 Å². The number of sulfonamides is 1. The highest BCUT2D eigenvalue weighted by molar-refractivity contribution is 7.89. The molecule has 1 saturated heterocycles. The second kappa shape index (κ2) is 5.15. The van der Waals surface area contributed by atoms with Gasteiger partial charge in [0, 0.05) is 13.2 Å². The van der Waals surface area contributed by atoms with Crippen molar-refractivity contribution in [2.75, 3.05) is 13.2 Å². The monoisotopic (exact) mass is 303 g/mol. The number of carboxylic acid groups (broad SMARTS) is 1. The Morgan fingerprint density at radius 3 is 2.85 bits per heavy atom. The Bertz CT molecular complexity index is 616. The number of nitrogens with one attached hydrogen (secondary N) is 2. The van der Waals surface area contributed by atoms with Crippen molar-refractivity contribution in [2.45, 2.75) is 37.2 Å². The lowest BCUT2D eigenvalue weighted by Crippen LogP contribution is -2.40. The summed E-state index contributed by atoms with van der Waals surface area (Å²) in [7, 11) is -3.95. The summed E-state index contributed by atoms with van der Waals surface area (Å²) in [5.41, 5.74) is -0.867. The van der Waals surface area contributed by atoms with Crippen molar-refractivity contribution in [1.29, 1.82) is 0 Å². The van der Waals surface area contributed by atoms with Gasteiger partial charge in [-0.15, -0.1) is 0 Å². The van der Waals surface area contributed by atoms with Crippen molar-refractivity contribution < 1.29 is 23.1 Å². The lowest BCUT2D eigenvalue weighted by Gasteiger charge is -2.23. The first kappa shape index (κ1) is 14.9. The number of nitrogens with zero attached hydrogens (tertiary/aromatic N) is 1. The van der Waals surface area contributed by atoms with E-state index in [1.165, 1.54) is 6.92 Å². The fourth-order valence-electron chi connectivity index (χ4n) is 2.19. The molecule has 112 valence electrons. The molecule has 9 heteroatoms. The van der Waals surface area contributed by atoms with Gasteiger partial charge in [0.05, 0.1) is 11.3 Å². The number of carbonyl (C=O) groups is 1. The Hall–Kier alpha value is -1.45. The largest absolute Gasteiger partial charge is 0.476 e. The van der Waals surface area contributed by atoms with E-state index in [9.17, 15) is 13.2 Å². The average Bonchev–Trinajstić information content (AvgIpc) is 2.94. The van der Waals surface area contributed by atoms with E-state index in [1.54, 1.807) is 0 Å². The minimum atomic E-state index is -3.95. The van der Waals surface area contributed by atoms with Gasteiger partial charge in [-0.3, -0.25) is 5.10 Å². The van der Waals surface area contributed by atoms with Crippen LogP contribution < -0.4 is 4.72 Å². The number of aryl methyl sites for hydroxylation is 1. The number of ether oxygens (including phenoxy) is 1. The van der Waals surface area contributed by atoms with Crippen molar-refractivity contribution >= 4 is 16.0 Å². The molecule has 1 aromatic heterocycles. The summed E-state index contributed by atoms with van der Waals surface area (Å²) in [5.74, 6) is -1.39. The Balaban J connectivity index is 2.22. The Morgan fingerprint density at radius 2 is 2.30 bits per heavy atom. The van der Waals surface area contributed by atoms with Crippen molar-refractivity contribution in [3.05, 3.63) is 11.4 Å². The van der Waals surface area contributed by atoms with E-state index < -0.39 is 27.3 Å². The van der Waals surface area contributed by atoms with Crippen LogP contribution in [-0.4, -0.2) is 48.4 Å². The molecule has 1 aromatic rings. The van der Waals surface area contributed by atoms with Gasteiger partial charge in [0.2, 0.25) is 10.0 Å². The fourth-order valence-corrected chi connectivity index (χ4v) is 3.66. The van der Waals surface area contributed by atoms with Gasteiger partial charge in [-0.1, -0.05) is 0 Å². The highest BCUT2D eigenvalue weighted by Crippen LogP contribution is 2.25. The molecule has 0 saturated carbocycles. The molecule has 0 amide bonds. The van der Waals surface area contributed by atoms with Crippen LogP contribution >= 0.6 is 0 Å². The van der Waals surface area contributed by atoms with Crippen LogP contribution in [0.4, 0.5) is 0 Å². The van der Waals surface area contributed by atoms with Gasteiger partial charge in [-0.25, -0.2) is 17.9 Å². The Labute approximate surface area is 116 Å². The molecule has 0 radical (unpaired) electrons. The molecule has 0 spiro atoms. The van der Waals surface area contributed by atoms with Crippen molar-refractivity contribution in [1.82, 2.24) is 14.9 Å². The van der Waals surface area contributed by atoms with Crippen LogP contribution in [0.15, 0.2) is 4.90 Å². The average molecular weight is 303 g/mol. The summed E-state index contributed by atoms with van der Waals surface area (Å²) in [6, 6.07) is 0. The minimum absolute atomic E-state index is 0.0962. The van der Waals surface area contributed by atoms with Crippen molar-refractivity contribution in [3.63, 3.8) is 0 Å². The van der Waals surface area contributed by atoms with E-state index in [-0.39, 0.29) is 17.1 Å². The maximum absolute atomic E-state index is 12.2.